The molecule has 1 saturated heterocycles. The van der Waals surface area contributed by atoms with Crippen LogP contribution in [0.4, 0.5) is 5.69 Å². The number of phenols is 1. The van der Waals surface area contributed by atoms with E-state index in [2.05, 4.69) is 26.2 Å². The molecule has 0 unspecified atom stereocenters. The molecule has 1 fully saturated rings. The molecule has 1 heterocycles. The monoisotopic (exact) mass is 496 g/mol. The summed E-state index contributed by atoms with van der Waals surface area (Å²) < 4.78 is 5.70. The average Bonchev–Trinajstić information content (AvgIpc) is 2.71. The Morgan fingerprint density at radius 2 is 1.75 bits per heavy atom. The molecule has 1 aliphatic rings. The largest absolute Gasteiger partial charge is 0.506 e. The molecule has 1 aliphatic heterocycles. The van der Waals surface area contributed by atoms with Crippen molar-refractivity contribution in [3.05, 3.63) is 54.1 Å². The molecular weight excluding hydrogens is 467 g/mol. The van der Waals surface area contributed by atoms with Crippen molar-refractivity contribution in [1.29, 1.82) is 0 Å². The maximum atomic E-state index is 10.1. The third-order valence-electron chi connectivity index (χ3n) is 4.72. The number of aromatic hydroxyl groups is 1. The number of nitrogens with one attached hydrogen (secondary N) is 1. The number of nitrogens with zero attached hydrogens (tertiary/aromatic N) is 3. The van der Waals surface area contributed by atoms with Crippen molar-refractivity contribution >= 4 is 35.6 Å². The van der Waals surface area contributed by atoms with E-state index in [4.69, 9.17) is 4.74 Å². The van der Waals surface area contributed by atoms with Crippen molar-refractivity contribution in [2.75, 3.05) is 44.7 Å². The van der Waals surface area contributed by atoms with Gasteiger partial charge in [-0.1, -0.05) is 30.3 Å². The first-order valence-electron chi connectivity index (χ1n) is 9.42. The van der Waals surface area contributed by atoms with Crippen LogP contribution in [0.25, 0.3) is 0 Å². The van der Waals surface area contributed by atoms with Gasteiger partial charge in [0.05, 0.1) is 12.3 Å². The Hall–Kier alpha value is -2.16. The number of ether oxygens (including phenoxy) is 1. The van der Waals surface area contributed by atoms with E-state index < -0.39 is 0 Å². The van der Waals surface area contributed by atoms with Gasteiger partial charge in [0.15, 0.2) is 5.96 Å². The fraction of sp³-hybridized carbons (Fsp3) is 0.381. The summed E-state index contributed by atoms with van der Waals surface area (Å²) in [5, 5.41) is 13.5. The van der Waals surface area contributed by atoms with Gasteiger partial charge in [0.1, 0.15) is 11.5 Å². The van der Waals surface area contributed by atoms with Crippen LogP contribution in [-0.4, -0.2) is 55.8 Å². The highest BCUT2D eigenvalue weighted by atomic mass is 127. The summed E-state index contributed by atoms with van der Waals surface area (Å²) in [6, 6.07) is 15.6. The minimum Gasteiger partial charge on any atom is -0.506 e. The first-order chi connectivity index (χ1) is 13.2. The zero-order valence-corrected chi connectivity index (χ0v) is 18.8. The SMILES string of the molecule is CCOc1ccccc1CNC(=NC)N1CCN(c2ccccc2O)CC1.I. The molecular formula is C21H29IN4O2. The molecule has 0 amide bonds. The highest BCUT2D eigenvalue weighted by molar-refractivity contribution is 14.0. The van der Waals surface area contributed by atoms with Gasteiger partial charge < -0.3 is 25.0 Å². The van der Waals surface area contributed by atoms with Gasteiger partial charge in [0.2, 0.25) is 0 Å². The van der Waals surface area contributed by atoms with Crippen LogP contribution in [0.3, 0.4) is 0 Å². The second kappa shape index (κ2) is 11.0. The van der Waals surface area contributed by atoms with Gasteiger partial charge in [-0.2, -0.15) is 0 Å². The Morgan fingerprint density at radius 3 is 2.43 bits per heavy atom. The Balaban J connectivity index is 0.00000280. The number of para-hydroxylation sites is 3. The van der Waals surface area contributed by atoms with Crippen molar-refractivity contribution in [2.45, 2.75) is 13.5 Å². The molecule has 0 atom stereocenters. The lowest BCUT2D eigenvalue weighted by atomic mass is 10.2. The molecule has 6 nitrogen and oxygen atoms in total. The minimum atomic E-state index is 0. The van der Waals surface area contributed by atoms with Gasteiger partial charge in [0.25, 0.3) is 0 Å². The number of aliphatic imine (C=N–C) groups is 1. The summed E-state index contributed by atoms with van der Waals surface area (Å²) in [5.74, 6) is 2.13. The fourth-order valence-corrected chi connectivity index (χ4v) is 3.34. The lowest BCUT2D eigenvalue weighted by Crippen LogP contribution is -2.52. The fourth-order valence-electron chi connectivity index (χ4n) is 3.34. The maximum absolute atomic E-state index is 10.1. The van der Waals surface area contributed by atoms with Crippen molar-refractivity contribution in [3.8, 4) is 11.5 Å². The van der Waals surface area contributed by atoms with Gasteiger partial charge in [-0.05, 0) is 25.1 Å². The average molecular weight is 496 g/mol. The lowest BCUT2D eigenvalue weighted by Gasteiger charge is -2.37. The number of hydrogen-bond donors (Lipinski definition) is 2. The minimum absolute atomic E-state index is 0. The number of hydrogen-bond acceptors (Lipinski definition) is 4. The molecule has 28 heavy (non-hydrogen) atoms. The van der Waals surface area contributed by atoms with Gasteiger partial charge >= 0.3 is 0 Å². The molecule has 0 aliphatic carbocycles. The highest BCUT2D eigenvalue weighted by Gasteiger charge is 2.21. The second-order valence-corrected chi connectivity index (χ2v) is 6.40. The molecule has 0 bridgehead atoms. The van der Waals surface area contributed by atoms with Crippen molar-refractivity contribution < 1.29 is 9.84 Å². The molecule has 2 aromatic rings. The number of anilines is 1. The standard InChI is InChI=1S/C21H28N4O2.HI/c1-3-27-20-11-7-4-8-17(20)16-23-21(22-2)25-14-12-24(13-15-25)18-9-5-6-10-19(18)26;/h4-11,26H,3,12-16H2,1-2H3,(H,22,23);1H. The van der Waals surface area contributed by atoms with E-state index in [0.717, 1.165) is 49.1 Å². The molecule has 2 aromatic carbocycles. The van der Waals surface area contributed by atoms with Gasteiger partial charge in [-0.3, -0.25) is 4.99 Å². The predicted octanol–water partition coefficient (Wildman–Crippen LogP) is 3.31. The smallest absolute Gasteiger partial charge is 0.194 e. The molecule has 7 heteroatoms. The van der Waals surface area contributed by atoms with E-state index in [0.29, 0.717) is 18.9 Å². The molecule has 152 valence electrons. The van der Waals surface area contributed by atoms with Crippen LogP contribution in [0.2, 0.25) is 0 Å². The van der Waals surface area contributed by atoms with Crippen LogP contribution in [0.1, 0.15) is 12.5 Å². The molecule has 0 radical (unpaired) electrons. The third-order valence-corrected chi connectivity index (χ3v) is 4.72. The van der Waals surface area contributed by atoms with E-state index in [1.54, 1.807) is 6.07 Å². The van der Waals surface area contributed by atoms with Crippen molar-refractivity contribution in [1.82, 2.24) is 10.2 Å². The summed E-state index contributed by atoms with van der Waals surface area (Å²) in [5.41, 5.74) is 2.01. The van der Waals surface area contributed by atoms with Crippen LogP contribution in [-0.2, 0) is 6.54 Å². The summed E-state index contributed by atoms with van der Waals surface area (Å²) in [4.78, 5) is 8.90. The van der Waals surface area contributed by atoms with E-state index in [1.807, 2.05) is 50.4 Å². The Bertz CT molecular complexity index is 777. The maximum Gasteiger partial charge on any atom is 0.194 e. The molecule has 3 rings (SSSR count). The quantitative estimate of drug-likeness (QED) is 0.378. The van der Waals surface area contributed by atoms with E-state index in [-0.39, 0.29) is 24.0 Å². The summed E-state index contributed by atoms with van der Waals surface area (Å²) in [6.45, 7) is 6.69. The van der Waals surface area contributed by atoms with E-state index >= 15 is 0 Å². The summed E-state index contributed by atoms with van der Waals surface area (Å²) in [7, 11) is 1.81. The molecule has 0 saturated carbocycles. The van der Waals surface area contributed by atoms with Crippen LogP contribution in [0.5, 0.6) is 11.5 Å². The second-order valence-electron chi connectivity index (χ2n) is 6.40. The number of rotatable bonds is 5. The normalized spacial score (nSPS) is 14.4. The Morgan fingerprint density at radius 1 is 1.07 bits per heavy atom. The number of halogens is 1. The Kier molecular flexibility index (Phi) is 8.69. The zero-order chi connectivity index (χ0) is 19.1. The summed E-state index contributed by atoms with van der Waals surface area (Å²) >= 11 is 0. The number of guanidine groups is 1. The first-order valence-corrected chi connectivity index (χ1v) is 9.42. The first kappa shape index (κ1) is 22.1. The molecule has 2 N–H and O–H groups in total. The predicted molar refractivity (Wildman–Crippen MR) is 125 cm³/mol. The highest BCUT2D eigenvalue weighted by Crippen LogP contribution is 2.27. The third kappa shape index (κ3) is 5.43. The van der Waals surface area contributed by atoms with Crippen LogP contribution in [0, 0.1) is 0 Å². The van der Waals surface area contributed by atoms with Gasteiger partial charge in [0, 0.05) is 45.3 Å². The van der Waals surface area contributed by atoms with Crippen molar-refractivity contribution in [2.24, 2.45) is 4.99 Å². The molecule has 0 aromatic heterocycles. The van der Waals surface area contributed by atoms with Crippen LogP contribution < -0.4 is 15.0 Å². The lowest BCUT2D eigenvalue weighted by molar-refractivity contribution is 0.335. The van der Waals surface area contributed by atoms with E-state index in [9.17, 15) is 5.11 Å². The van der Waals surface area contributed by atoms with Crippen LogP contribution >= 0.6 is 24.0 Å². The van der Waals surface area contributed by atoms with Crippen molar-refractivity contribution in [3.63, 3.8) is 0 Å². The number of benzene rings is 2. The van der Waals surface area contributed by atoms with E-state index in [1.165, 1.54) is 0 Å². The van der Waals surface area contributed by atoms with Gasteiger partial charge in [-0.15, -0.1) is 24.0 Å². The topological polar surface area (TPSA) is 60.3 Å². The number of phenolic OH excluding ortho intramolecular Hbond substituents is 1. The van der Waals surface area contributed by atoms with Crippen LogP contribution in [0.15, 0.2) is 53.5 Å². The Labute approximate surface area is 184 Å². The van der Waals surface area contributed by atoms with Gasteiger partial charge in [-0.25, -0.2) is 0 Å². The number of piperazine rings is 1. The zero-order valence-electron chi connectivity index (χ0n) is 16.5. The summed E-state index contributed by atoms with van der Waals surface area (Å²) in [6.07, 6.45) is 0. The molecule has 0 spiro atoms.